The molecular weight excluding hydrogens is 345 g/mol. The molecule has 20 heavy (non-hydrogen) atoms. The minimum atomic E-state index is -0.467. The first-order valence-electron chi connectivity index (χ1n) is 5.69. The minimum Gasteiger partial charge on any atom is -0.435 e. The van der Waals surface area contributed by atoms with Gasteiger partial charge in [-0.2, -0.15) is 4.98 Å². The molecule has 4 nitrogen and oxygen atoms in total. The third kappa shape index (κ3) is 2.46. The second-order valence-electron chi connectivity index (χ2n) is 4.14. The van der Waals surface area contributed by atoms with E-state index in [4.69, 9.17) is 10.5 Å². The molecule has 0 aliphatic carbocycles. The van der Waals surface area contributed by atoms with Crippen LogP contribution >= 0.6 is 27.3 Å². The van der Waals surface area contributed by atoms with E-state index in [0.717, 1.165) is 15.1 Å². The summed E-state index contributed by atoms with van der Waals surface area (Å²) in [6, 6.07) is 6.35. The van der Waals surface area contributed by atoms with Crippen molar-refractivity contribution in [2.75, 3.05) is 5.73 Å². The highest BCUT2D eigenvalue weighted by Gasteiger charge is 2.13. The number of nitrogen functional groups attached to an aromatic ring is 1. The highest BCUT2D eigenvalue weighted by Crippen LogP contribution is 2.34. The molecule has 0 bridgehead atoms. The van der Waals surface area contributed by atoms with E-state index in [1.165, 1.54) is 17.4 Å². The molecule has 2 aromatic heterocycles. The van der Waals surface area contributed by atoms with Crippen LogP contribution in [-0.4, -0.2) is 9.97 Å². The smallest absolute Gasteiger partial charge is 0.233 e. The second-order valence-corrected chi connectivity index (χ2v) is 6.29. The monoisotopic (exact) mass is 353 g/mol. The number of hydrogen-bond donors (Lipinski definition) is 1. The number of halogens is 2. The van der Waals surface area contributed by atoms with Crippen LogP contribution in [0.1, 0.15) is 4.88 Å². The van der Waals surface area contributed by atoms with Crippen molar-refractivity contribution in [3.8, 4) is 11.6 Å². The molecule has 0 aliphatic rings. The number of fused-ring (bicyclic) bond motifs is 1. The van der Waals surface area contributed by atoms with E-state index < -0.39 is 5.82 Å². The lowest BCUT2D eigenvalue weighted by Crippen LogP contribution is -1.98. The maximum Gasteiger partial charge on any atom is 0.233 e. The molecule has 0 amide bonds. The number of aryl methyl sites for hydroxylation is 1. The number of anilines is 1. The van der Waals surface area contributed by atoms with Crippen LogP contribution in [0.2, 0.25) is 0 Å². The number of nitrogens with zero attached hydrogens (tertiary/aromatic N) is 2. The normalized spacial score (nSPS) is 10.9. The molecule has 3 aromatic rings. The van der Waals surface area contributed by atoms with E-state index in [0.29, 0.717) is 4.47 Å². The molecule has 0 saturated carbocycles. The van der Waals surface area contributed by atoms with E-state index in [1.54, 1.807) is 12.1 Å². The van der Waals surface area contributed by atoms with Crippen molar-refractivity contribution in [1.29, 1.82) is 0 Å². The standard InChI is InChI=1S/C13H9BrFN3OS/c1-6-4-8-11(17-13(16)18-12(8)20-6)19-10-5-7(14)2-3-9(10)15/h2-5H,1H3,(H2,16,17,18). The summed E-state index contributed by atoms with van der Waals surface area (Å²) in [5.41, 5.74) is 5.66. The van der Waals surface area contributed by atoms with Gasteiger partial charge in [0, 0.05) is 9.35 Å². The first-order valence-corrected chi connectivity index (χ1v) is 7.30. The van der Waals surface area contributed by atoms with Crippen molar-refractivity contribution in [1.82, 2.24) is 9.97 Å². The molecular formula is C13H9BrFN3OS. The summed E-state index contributed by atoms with van der Waals surface area (Å²) in [4.78, 5) is 9.97. The zero-order chi connectivity index (χ0) is 14.3. The summed E-state index contributed by atoms with van der Waals surface area (Å²) < 4.78 is 20.0. The fraction of sp³-hybridized carbons (Fsp3) is 0.0769. The highest BCUT2D eigenvalue weighted by molar-refractivity contribution is 9.10. The van der Waals surface area contributed by atoms with Crippen LogP contribution in [0.3, 0.4) is 0 Å². The molecule has 0 fully saturated rings. The molecule has 7 heteroatoms. The van der Waals surface area contributed by atoms with Crippen LogP contribution in [0, 0.1) is 12.7 Å². The maximum absolute atomic E-state index is 13.7. The Balaban J connectivity index is 2.12. The Hall–Kier alpha value is -1.73. The van der Waals surface area contributed by atoms with Gasteiger partial charge in [-0.3, -0.25) is 0 Å². The summed E-state index contributed by atoms with van der Waals surface area (Å²) in [7, 11) is 0. The van der Waals surface area contributed by atoms with Gasteiger partial charge in [0.05, 0.1) is 5.39 Å². The Bertz CT molecular complexity index is 806. The minimum absolute atomic E-state index is 0.0858. The maximum atomic E-state index is 13.7. The molecule has 2 heterocycles. The fourth-order valence-corrected chi connectivity index (χ4v) is 2.99. The Labute approximate surface area is 126 Å². The van der Waals surface area contributed by atoms with Gasteiger partial charge in [-0.15, -0.1) is 11.3 Å². The predicted molar refractivity (Wildman–Crippen MR) is 80.7 cm³/mol. The van der Waals surface area contributed by atoms with Gasteiger partial charge < -0.3 is 10.5 Å². The summed E-state index contributed by atoms with van der Waals surface area (Å²) >= 11 is 4.76. The van der Waals surface area contributed by atoms with Crippen LogP contribution in [0.5, 0.6) is 11.6 Å². The van der Waals surface area contributed by atoms with Gasteiger partial charge >= 0.3 is 0 Å². The van der Waals surface area contributed by atoms with Crippen LogP contribution < -0.4 is 10.5 Å². The summed E-state index contributed by atoms with van der Waals surface area (Å²) in [6.45, 7) is 1.95. The largest absolute Gasteiger partial charge is 0.435 e. The summed E-state index contributed by atoms with van der Waals surface area (Å²) in [5, 5.41) is 0.723. The van der Waals surface area contributed by atoms with Gasteiger partial charge in [0.2, 0.25) is 11.8 Å². The van der Waals surface area contributed by atoms with Crippen molar-refractivity contribution in [2.24, 2.45) is 0 Å². The number of thiophene rings is 1. The van der Waals surface area contributed by atoms with E-state index in [9.17, 15) is 4.39 Å². The Kier molecular flexibility index (Phi) is 3.31. The predicted octanol–water partition coefficient (Wildman–Crippen LogP) is 4.28. The van der Waals surface area contributed by atoms with Gasteiger partial charge in [-0.05, 0) is 31.2 Å². The molecule has 0 atom stereocenters. The average molecular weight is 354 g/mol. The second kappa shape index (κ2) is 4.99. The Morgan fingerprint density at radius 2 is 2.10 bits per heavy atom. The number of benzene rings is 1. The zero-order valence-corrected chi connectivity index (χ0v) is 12.8. The summed E-state index contributed by atoms with van der Waals surface area (Å²) in [6.07, 6.45) is 0. The Morgan fingerprint density at radius 1 is 1.30 bits per heavy atom. The van der Waals surface area contributed by atoms with Crippen LogP contribution in [0.25, 0.3) is 10.2 Å². The van der Waals surface area contributed by atoms with Gasteiger partial charge in [0.15, 0.2) is 11.6 Å². The lowest BCUT2D eigenvalue weighted by atomic mass is 10.3. The van der Waals surface area contributed by atoms with E-state index >= 15 is 0 Å². The third-order valence-electron chi connectivity index (χ3n) is 2.60. The van der Waals surface area contributed by atoms with E-state index in [1.807, 2.05) is 13.0 Å². The average Bonchev–Trinajstić information content (AvgIpc) is 2.74. The lowest BCUT2D eigenvalue weighted by molar-refractivity contribution is 0.432. The van der Waals surface area contributed by atoms with Crippen molar-refractivity contribution in [3.63, 3.8) is 0 Å². The van der Waals surface area contributed by atoms with Crippen molar-refractivity contribution < 1.29 is 9.13 Å². The topological polar surface area (TPSA) is 61.0 Å². The first kappa shape index (κ1) is 13.3. The number of nitrogens with two attached hydrogens (primary N) is 1. The molecule has 2 N–H and O–H groups in total. The lowest BCUT2D eigenvalue weighted by Gasteiger charge is -2.07. The SMILES string of the molecule is Cc1cc2c(Oc3cc(Br)ccc3F)nc(N)nc2s1. The number of hydrogen-bond acceptors (Lipinski definition) is 5. The first-order chi connectivity index (χ1) is 9.52. The van der Waals surface area contributed by atoms with E-state index in [-0.39, 0.29) is 17.6 Å². The van der Waals surface area contributed by atoms with E-state index in [2.05, 4.69) is 25.9 Å². The number of ether oxygens (including phenoxy) is 1. The molecule has 102 valence electrons. The molecule has 3 rings (SSSR count). The van der Waals surface area contributed by atoms with Gasteiger partial charge in [0.1, 0.15) is 4.83 Å². The Morgan fingerprint density at radius 3 is 2.90 bits per heavy atom. The number of rotatable bonds is 2. The highest BCUT2D eigenvalue weighted by atomic mass is 79.9. The molecule has 1 aromatic carbocycles. The molecule has 0 aliphatic heterocycles. The molecule has 0 saturated heterocycles. The van der Waals surface area contributed by atoms with Crippen LogP contribution in [0.15, 0.2) is 28.7 Å². The summed E-state index contributed by atoms with van der Waals surface area (Å²) in [5.74, 6) is -0.0216. The molecule has 0 radical (unpaired) electrons. The quantitative estimate of drug-likeness (QED) is 0.746. The fourth-order valence-electron chi connectivity index (χ4n) is 1.77. The van der Waals surface area contributed by atoms with Crippen molar-refractivity contribution >= 4 is 43.4 Å². The molecule has 0 unspecified atom stereocenters. The number of aromatic nitrogens is 2. The molecule has 0 spiro atoms. The van der Waals surface area contributed by atoms with Gasteiger partial charge in [0.25, 0.3) is 0 Å². The van der Waals surface area contributed by atoms with Crippen LogP contribution in [-0.2, 0) is 0 Å². The third-order valence-corrected chi connectivity index (χ3v) is 4.04. The van der Waals surface area contributed by atoms with Crippen molar-refractivity contribution in [3.05, 3.63) is 39.4 Å². The van der Waals surface area contributed by atoms with Crippen LogP contribution in [0.4, 0.5) is 10.3 Å². The van der Waals surface area contributed by atoms with Gasteiger partial charge in [-0.25, -0.2) is 9.37 Å². The zero-order valence-electron chi connectivity index (χ0n) is 10.4. The van der Waals surface area contributed by atoms with Crippen molar-refractivity contribution in [2.45, 2.75) is 6.92 Å². The van der Waals surface area contributed by atoms with Gasteiger partial charge in [-0.1, -0.05) is 15.9 Å².